The molecule has 0 saturated carbocycles. The van der Waals surface area contributed by atoms with Crippen molar-refractivity contribution in [1.82, 2.24) is 0 Å². The molecule has 0 spiro atoms. The number of thiophene rings is 1. The minimum absolute atomic E-state index is 0.00538. The first-order chi connectivity index (χ1) is 15.1. The Labute approximate surface area is 199 Å². The molecule has 4 nitrogen and oxygen atoms in total. The molecule has 0 aliphatic heterocycles. The molecule has 8 heteroatoms. The highest BCUT2D eigenvalue weighted by molar-refractivity contribution is 9.10. The van der Waals surface area contributed by atoms with E-state index in [0.29, 0.717) is 16.1 Å². The summed E-state index contributed by atoms with van der Waals surface area (Å²) < 4.78 is 44.1. The van der Waals surface area contributed by atoms with Gasteiger partial charge in [-0.15, -0.1) is 11.3 Å². The van der Waals surface area contributed by atoms with Crippen LogP contribution in [0.4, 0.5) is 9.39 Å². The molecule has 166 valence electrons. The van der Waals surface area contributed by atoms with Gasteiger partial charge in [-0.2, -0.15) is 0 Å². The lowest BCUT2D eigenvalue weighted by atomic mass is 9.97. The van der Waals surface area contributed by atoms with E-state index < -0.39 is 21.4 Å². The van der Waals surface area contributed by atoms with E-state index in [4.69, 9.17) is 0 Å². The van der Waals surface area contributed by atoms with Gasteiger partial charge in [-0.1, -0.05) is 46.3 Å². The second kappa shape index (κ2) is 8.59. The lowest BCUT2D eigenvalue weighted by Crippen LogP contribution is -2.32. The number of benzene rings is 3. The van der Waals surface area contributed by atoms with E-state index >= 15 is 0 Å². The first kappa shape index (κ1) is 22.9. The molecule has 1 aromatic heterocycles. The predicted molar refractivity (Wildman–Crippen MR) is 131 cm³/mol. The first-order valence-electron chi connectivity index (χ1n) is 9.84. The minimum atomic E-state index is -3.99. The van der Waals surface area contributed by atoms with Gasteiger partial charge in [0.05, 0.1) is 17.0 Å². The molecule has 1 N–H and O–H groups in total. The predicted octanol–water partition coefficient (Wildman–Crippen LogP) is 6.43. The average Bonchev–Trinajstić information content (AvgIpc) is 3.13. The smallest absolute Gasteiger partial charge is 0.265 e. The third kappa shape index (κ3) is 4.45. The van der Waals surface area contributed by atoms with Crippen LogP contribution in [-0.4, -0.2) is 13.5 Å². The summed E-state index contributed by atoms with van der Waals surface area (Å²) in [6.45, 7) is 3.29. The SMILES string of the molecule is CC(C)(O)c1c(N(Cc2ccc(F)cc2)S(=O)(=O)c2ccc(Br)cc2)sc2ccccc12. The van der Waals surface area contributed by atoms with Crippen LogP contribution in [0.5, 0.6) is 0 Å². The summed E-state index contributed by atoms with van der Waals surface area (Å²) in [5.74, 6) is -0.393. The summed E-state index contributed by atoms with van der Waals surface area (Å²) in [6, 6.07) is 19.7. The summed E-state index contributed by atoms with van der Waals surface area (Å²) in [7, 11) is -3.99. The van der Waals surface area contributed by atoms with E-state index in [1.54, 1.807) is 38.1 Å². The molecule has 32 heavy (non-hydrogen) atoms. The standard InChI is InChI=1S/C24H21BrFNO3S2/c1-24(2,28)22-20-5-3-4-6-21(20)31-23(22)27(15-16-7-11-18(26)12-8-16)32(29,30)19-13-9-17(25)10-14-19/h3-14,28H,15H2,1-2H3. The Balaban J connectivity index is 1.96. The van der Waals surface area contributed by atoms with Crippen molar-refractivity contribution in [3.63, 3.8) is 0 Å². The van der Waals surface area contributed by atoms with Gasteiger partial charge in [0.15, 0.2) is 0 Å². The maximum Gasteiger partial charge on any atom is 0.265 e. The highest BCUT2D eigenvalue weighted by Gasteiger charge is 2.34. The molecule has 0 atom stereocenters. The van der Waals surface area contributed by atoms with Crippen molar-refractivity contribution < 1.29 is 17.9 Å². The molecular formula is C24H21BrFNO3S2. The average molecular weight is 534 g/mol. The molecule has 0 amide bonds. The zero-order valence-corrected chi connectivity index (χ0v) is 20.6. The van der Waals surface area contributed by atoms with Gasteiger partial charge in [0.1, 0.15) is 10.8 Å². The van der Waals surface area contributed by atoms with Gasteiger partial charge in [0.2, 0.25) is 0 Å². The Hall–Kier alpha value is -2.26. The Morgan fingerprint density at radius 1 is 1.00 bits per heavy atom. The van der Waals surface area contributed by atoms with Crippen molar-refractivity contribution >= 4 is 52.4 Å². The van der Waals surface area contributed by atoms with E-state index in [-0.39, 0.29) is 11.4 Å². The molecule has 3 aromatic carbocycles. The Kier molecular flexibility index (Phi) is 6.15. The highest BCUT2D eigenvalue weighted by Crippen LogP contribution is 2.46. The number of halogens is 2. The molecule has 0 aliphatic rings. The lowest BCUT2D eigenvalue weighted by molar-refractivity contribution is 0.0811. The van der Waals surface area contributed by atoms with E-state index in [1.165, 1.54) is 39.9 Å². The van der Waals surface area contributed by atoms with E-state index in [0.717, 1.165) is 14.6 Å². The zero-order valence-electron chi connectivity index (χ0n) is 17.4. The van der Waals surface area contributed by atoms with Crippen LogP contribution in [0.2, 0.25) is 0 Å². The van der Waals surface area contributed by atoms with Crippen LogP contribution in [0, 0.1) is 5.82 Å². The molecule has 0 bridgehead atoms. The molecule has 0 saturated heterocycles. The van der Waals surface area contributed by atoms with Crippen molar-refractivity contribution in [2.45, 2.75) is 30.9 Å². The molecule has 4 aromatic rings. The van der Waals surface area contributed by atoms with Gasteiger partial charge in [-0.3, -0.25) is 4.31 Å². The molecule has 0 unspecified atom stereocenters. The quantitative estimate of drug-likeness (QED) is 0.310. The zero-order chi connectivity index (χ0) is 23.1. The van der Waals surface area contributed by atoms with Gasteiger partial charge in [0.25, 0.3) is 10.0 Å². The van der Waals surface area contributed by atoms with E-state index in [9.17, 15) is 17.9 Å². The maximum absolute atomic E-state index is 13.8. The van der Waals surface area contributed by atoms with Crippen molar-refractivity contribution in [2.75, 3.05) is 4.31 Å². The molecule has 1 heterocycles. The van der Waals surface area contributed by atoms with Crippen LogP contribution >= 0.6 is 27.3 Å². The Morgan fingerprint density at radius 3 is 2.25 bits per heavy atom. The second-order valence-electron chi connectivity index (χ2n) is 7.93. The molecule has 0 aliphatic carbocycles. The number of anilines is 1. The van der Waals surface area contributed by atoms with Crippen molar-refractivity contribution in [1.29, 1.82) is 0 Å². The summed E-state index contributed by atoms with van der Waals surface area (Å²) >= 11 is 4.65. The maximum atomic E-state index is 13.8. The third-order valence-corrected chi connectivity index (χ3v) is 8.65. The fraction of sp³-hybridized carbons (Fsp3) is 0.167. The van der Waals surface area contributed by atoms with Crippen LogP contribution in [0.3, 0.4) is 0 Å². The topological polar surface area (TPSA) is 57.6 Å². The fourth-order valence-electron chi connectivity index (χ4n) is 3.55. The van der Waals surface area contributed by atoms with Crippen LogP contribution in [0.15, 0.2) is 82.2 Å². The van der Waals surface area contributed by atoms with Gasteiger partial charge < -0.3 is 5.11 Å². The first-order valence-corrected chi connectivity index (χ1v) is 12.9. The third-order valence-electron chi connectivity index (χ3n) is 5.06. The van der Waals surface area contributed by atoms with Crippen molar-refractivity contribution in [3.8, 4) is 0 Å². The normalized spacial score (nSPS) is 12.3. The van der Waals surface area contributed by atoms with Crippen LogP contribution in [-0.2, 0) is 22.2 Å². The van der Waals surface area contributed by atoms with Gasteiger partial charge in [-0.25, -0.2) is 12.8 Å². The Morgan fingerprint density at radius 2 is 1.62 bits per heavy atom. The van der Waals surface area contributed by atoms with Gasteiger partial charge in [0, 0.05) is 20.1 Å². The van der Waals surface area contributed by atoms with Crippen molar-refractivity contribution in [3.05, 3.63) is 94.2 Å². The van der Waals surface area contributed by atoms with Gasteiger partial charge >= 0.3 is 0 Å². The van der Waals surface area contributed by atoms with Crippen LogP contribution in [0.1, 0.15) is 25.0 Å². The molecule has 0 fully saturated rings. The molecule has 0 radical (unpaired) electrons. The Bertz CT molecular complexity index is 1360. The molecular weight excluding hydrogens is 513 g/mol. The summed E-state index contributed by atoms with van der Waals surface area (Å²) in [4.78, 5) is 0.127. The number of rotatable bonds is 6. The summed E-state index contributed by atoms with van der Waals surface area (Å²) in [5.41, 5.74) is -0.113. The number of hydrogen-bond acceptors (Lipinski definition) is 4. The monoisotopic (exact) mass is 533 g/mol. The van der Waals surface area contributed by atoms with Crippen LogP contribution in [0.25, 0.3) is 10.1 Å². The minimum Gasteiger partial charge on any atom is -0.386 e. The fourth-order valence-corrected chi connectivity index (χ4v) is 6.85. The van der Waals surface area contributed by atoms with Gasteiger partial charge in [-0.05, 0) is 61.9 Å². The number of hydrogen-bond donors (Lipinski definition) is 1. The number of aliphatic hydroxyl groups is 1. The second-order valence-corrected chi connectivity index (χ2v) is 11.7. The number of fused-ring (bicyclic) bond motifs is 1. The van der Waals surface area contributed by atoms with Crippen molar-refractivity contribution in [2.24, 2.45) is 0 Å². The summed E-state index contributed by atoms with van der Waals surface area (Å²) in [5, 5.41) is 12.2. The lowest BCUT2D eigenvalue weighted by Gasteiger charge is -2.28. The van der Waals surface area contributed by atoms with E-state index in [2.05, 4.69) is 15.9 Å². The van der Waals surface area contributed by atoms with E-state index in [1.807, 2.05) is 24.3 Å². The van der Waals surface area contributed by atoms with Crippen LogP contribution < -0.4 is 4.31 Å². The summed E-state index contributed by atoms with van der Waals surface area (Å²) in [6.07, 6.45) is 0. The highest BCUT2D eigenvalue weighted by atomic mass is 79.9. The number of nitrogens with zero attached hydrogens (tertiary/aromatic N) is 1. The largest absolute Gasteiger partial charge is 0.386 e. The number of sulfonamides is 1. The molecule has 4 rings (SSSR count).